The molecule has 0 bridgehead atoms. The van der Waals surface area contributed by atoms with Gasteiger partial charge in [-0.2, -0.15) is 0 Å². The highest BCUT2D eigenvalue weighted by Crippen LogP contribution is 2.45. The van der Waals surface area contributed by atoms with E-state index >= 15 is 0 Å². The van der Waals surface area contributed by atoms with Crippen LogP contribution in [-0.4, -0.2) is 23.9 Å². The van der Waals surface area contributed by atoms with Crippen molar-refractivity contribution in [1.29, 1.82) is 0 Å². The second-order valence-electron chi connectivity index (χ2n) is 8.35. The maximum atomic E-state index is 13.4. The minimum Gasteiger partial charge on any atom is -0.507 e. The van der Waals surface area contributed by atoms with Crippen LogP contribution < -0.4 is 9.64 Å². The Labute approximate surface area is 196 Å². The molecule has 0 radical (unpaired) electrons. The highest BCUT2D eigenvalue weighted by molar-refractivity contribution is 6.52. The van der Waals surface area contributed by atoms with E-state index in [0.29, 0.717) is 22.8 Å². The molecule has 1 atom stereocenters. The minimum absolute atomic E-state index is 0.0452. The van der Waals surface area contributed by atoms with Gasteiger partial charge in [0.05, 0.1) is 30.2 Å². The molecule has 3 aromatic carbocycles. The standard InChI is InChI=1S/C28H23NO5/c1-16-14-17(2)27(33-3)20(15-16)25(30)23-24(22-12-7-13-34-22)29(28(32)26(23)31)21-11-6-9-18-8-4-5-10-19(18)21/h4-15,24,30H,1-3H3/b25-23-. The summed E-state index contributed by atoms with van der Waals surface area (Å²) in [4.78, 5) is 28.3. The van der Waals surface area contributed by atoms with Crippen molar-refractivity contribution in [2.75, 3.05) is 12.0 Å². The SMILES string of the molecule is COc1c(C)cc(C)cc1/C(O)=C1/C(=O)C(=O)N(c2cccc3ccccc23)C1c1ccco1. The van der Waals surface area contributed by atoms with Gasteiger partial charge in [-0.1, -0.05) is 42.5 Å². The minimum atomic E-state index is -0.939. The van der Waals surface area contributed by atoms with Gasteiger partial charge in [0.2, 0.25) is 0 Å². The van der Waals surface area contributed by atoms with Crippen LogP contribution in [0.25, 0.3) is 16.5 Å². The third-order valence-electron chi connectivity index (χ3n) is 6.16. The van der Waals surface area contributed by atoms with E-state index in [0.717, 1.165) is 21.9 Å². The average molecular weight is 453 g/mol. The van der Waals surface area contributed by atoms with Gasteiger partial charge in [-0.25, -0.2) is 0 Å². The lowest BCUT2D eigenvalue weighted by Crippen LogP contribution is -2.29. The van der Waals surface area contributed by atoms with Gasteiger partial charge in [0.15, 0.2) is 0 Å². The molecule has 0 aliphatic carbocycles. The van der Waals surface area contributed by atoms with Crippen LogP contribution in [0.2, 0.25) is 0 Å². The summed E-state index contributed by atoms with van der Waals surface area (Å²) in [6.45, 7) is 3.75. The van der Waals surface area contributed by atoms with Gasteiger partial charge in [-0.15, -0.1) is 0 Å². The van der Waals surface area contributed by atoms with Gasteiger partial charge in [-0.05, 0) is 54.6 Å². The third-order valence-corrected chi connectivity index (χ3v) is 6.16. The van der Waals surface area contributed by atoms with E-state index in [1.54, 1.807) is 24.3 Å². The number of hydrogen-bond acceptors (Lipinski definition) is 5. The van der Waals surface area contributed by atoms with Gasteiger partial charge >= 0.3 is 0 Å². The second kappa shape index (κ2) is 8.23. The number of furan rings is 1. The van der Waals surface area contributed by atoms with Crippen LogP contribution in [0.1, 0.15) is 28.5 Å². The van der Waals surface area contributed by atoms with Crippen LogP contribution in [0.4, 0.5) is 5.69 Å². The molecule has 34 heavy (non-hydrogen) atoms. The summed E-state index contributed by atoms with van der Waals surface area (Å²) >= 11 is 0. The number of carbonyl (C=O) groups is 2. The first kappa shape index (κ1) is 21.5. The number of benzene rings is 3. The van der Waals surface area contributed by atoms with E-state index in [1.165, 1.54) is 18.3 Å². The molecule has 1 saturated heterocycles. The van der Waals surface area contributed by atoms with E-state index in [1.807, 2.05) is 56.3 Å². The Morgan fingerprint density at radius 1 is 1.00 bits per heavy atom. The molecule has 0 saturated carbocycles. The van der Waals surface area contributed by atoms with Crippen molar-refractivity contribution >= 4 is 33.9 Å². The number of aliphatic hydroxyl groups excluding tert-OH is 1. The molecule has 2 heterocycles. The summed E-state index contributed by atoms with van der Waals surface area (Å²) < 4.78 is 11.2. The van der Waals surface area contributed by atoms with Crippen LogP contribution in [-0.2, 0) is 9.59 Å². The lowest BCUT2D eigenvalue weighted by atomic mass is 9.96. The Balaban J connectivity index is 1.80. The van der Waals surface area contributed by atoms with Crippen molar-refractivity contribution in [3.05, 3.63) is 101 Å². The third kappa shape index (κ3) is 3.27. The molecule has 6 heteroatoms. The molecule has 1 aromatic heterocycles. The predicted molar refractivity (Wildman–Crippen MR) is 130 cm³/mol. The lowest BCUT2D eigenvalue weighted by Gasteiger charge is -2.25. The molecule has 5 rings (SSSR count). The fourth-order valence-electron chi connectivity index (χ4n) is 4.76. The molecule has 0 spiro atoms. The van der Waals surface area contributed by atoms with Gasteiger partial charge in [0, 0.05) is 5.39 Å². The fourth-order valence-corrected chi connectivity index (χ4v) is 4.76. The van der Waals surface area contributed by atoms with Crippen molar-refractivity contribution in [2.45, 2.75) is 19.9 Å². The Bertz CT molecular complexity index is 1460. The van der Waals surface area contributed by atoms with Crippen molar-refractivity contribution in [3.63, 3.8) is 0 Å². The molecule has 4 aromatic rings. The van der Waals surface area contributed by atoms with E-state index in [4.69, 9.17) is 9.15 Å². The van der Waals surface area contributed by atoms with Crippen LogP contribution >= 0.6 is 0 Å². The number of methoxy groups -OCH3 is 1. The first-order valence-corrected chi connectivity index (χ1v) is 10.9. The zero-order chi connectivity index (χ0) is 24.0. The van der Waals surface area contributed by atoms with Crippen LogP contribution in [0.5, 0.6) is 5.75 Å². The Morgan fingerprint density at radius 2 is 1.76 bits per heavy atom. The first-order valence-electron chi connectivity index (χ1n) is 10.9. The Hall–Kier alpha value is -4.32. The van der Waals surface area contributed by atoms with E-state index in [9.17, 15) is 14.7 Å². The number of amides is 1. The fraction of sp³-hybridized carbons (Fsp3) is 0.143. The number of rotatable bonds is 4. The van der Waals surface area contributed by atoms with Crippen LogP contribution in [0.15, 0.2) is 83.0 Å². The summed E-state index contributed by atoms with van der Waals surface area (Å²) in [7, 11) is 1.51. The molecule has 1 amide bonds. The predicted octanol–water partition coefficient (Wildman–Crippen LogP) is 5.68. The van der Waals surface area contributed by atoms with Gasteiger partial charge < -0.3 is 14.3 Å². The van der Waals surface area contributed by atoms with Crippen molar-refractivity contribution in [2.24, 2.45) is 0 Å². The topological polar surface area (TPSA) is 80.0 Å². The molecule has 170 valence electrons. The Morgan fingerprint density at radius 3 is 2.50 bits per heavy atom. The molecule has 1 aliphatic rings. The first-order chi connectivity index (χ1) is 16.4. The molecule has 1 unspecified atom stereocenters. The summed E-state index contributed by atoms with van der Waals surface area (Å²) in [5, 5.41) is 13.2. The summed E-state index contributed by atoms with van der Waals surface area (Å²) in [6.07, 6.45) is 1.48. The number of Topliss-reactive ketones (excluding diaryl/α,β-unsaturated/α-hetero) is 1. The number of ether oxygens (including phenoxy) is 1. The number of carbonyl (C=O) groups excluding carboxylic acids is 2. The van der Waals surface area contributed by atoms with Crippen molar-refractivity contribution in [1.82, 2.24) is 0 Å². The normalized spacial score (nSPS) is 17.5. The van der Waals surface area contributed by atoms with Gasteiger partial charge in [-0.3, -0.25) is 14.5 Å². The van der Waals surface area contributed by atoms with Crippen molar-refractivity contribution < 1.29 is 23.8 Å². The highest BCUT2D eigenvalue weighted by atomic mass is 16.5. The number of anilines is 1. The maximum Gasteiger partial charge on any atom is 0.300 e. The lowest BCUT2D eigenvalue weighted by molar-refractivity contribution is -0.132. The number of fused-ring (bicyclic) bond motifs is 1. The smallest absolute Gasteiger partial charge is 0.300 e. The van der Waals surface area contributed by atoms with E-state index in [-0.39, 0.29) is 11.3 Å². The molecule has 1 fully saturated rings. The zero-order valence-corrected chi connectivity index (χ0v) is 19.0. The number of aryl methyl sites for hydroxylation is 2. The number of nitrogens with zero attached hydrogens (tertiary/aromatic N) is 1. The molecule has 6 nitrogen and oxygen atoms in total. The van der Waals surface area contributed by atoms with Gasteiger partial charge in [0.1, 0.15) is 23.3 Å². The highest BCUT2D eigenvalue weighted by Gasteiger charge is 2.49. The van der Waals surface area contributed by atoms with Crippen LogP contribution in [0.3, 0.4) is 0 Å². The zero-order valence-electron chi connectivity index (χ0n) is 19.0. The largest absolute Gasteiger partial charge is 0.507 e. The average Bonchev–Trinajstić information content (AvgIpc) is 3.45. The number of ketones is 1. The maximum absolute atomic E-state index is 13.4. The van der Waals surface area contributed by atoms with Crippen LogP contribution in [0, 0.1) is 13.8 Å². The molecular weight excluding hydrogens is 430 g/mol. The van der Waals surface area contributed by atoms with Crippen molar-refractivity contribution in [3.8, 4) is 5.75 Å². The quantitative estimate of drug-likeness (QED) is 0.244. The van der Waals surface area contributed by atoms with E-state index in [2.05, 4.69) is 0 Å². The number of hydrogen-bond donors (Lipinski definition) is 1. The monoisotopic (exact) mass is 453 g/mol. The van der Waals surface area contributed by atoms with E-state index < -0.39 is 17.7 Å². The van der Waals surface area contributed by atoms with Gasteiger partial charge in [0.25, 0.3) is 11.7 Å². The summed E-state index contributed by atoms with van der Waals surface area (Å²) in [5.41, 5.74) is 2.57. The molecule has 1 aliphatic heterocycles. The Kier molecular flexibility index (Phi) is 5.21. The summed E-state index contributed by atoms with van der Waals surface area (Å²) in [5.74, 6) is -1.00. The second-order valence-corrected chi connectivity index (χ2v) is 8.35. The summed E-state index contributed by atoms with van der Waals surface area (Å²) in [6, 6.07) is 19.3. The molecule has 1 N–H and O–H groups in total. The molecular formula is C28H23NO5. The number of aliphatic hydroxyl groups is 1.